The van der Waals surface area contributed by atoms with Gasteiger partial charge in [-0.2, -0.15) is 13.2 Å². The van der Waals surface area contributed by atoms with Crippen molar-refractivity contribution in [2.45, 2.75) is 56.9 Å². The number of urea groups is 1. The number of hydrogen-bond donors (Lipinski definition) is 2. The predicted octanol–water partition coefficient (Wildman–Crippen LogP) is 3.53. The average molecular weight is 430 g/mol. The van der Waals surface area contributed by atoms with Crippen molar-refractivity contribution in [3.05, 3.63) is 33.8 Å². The summed E-state index contributed by atoms with van der Waals surface area (Å²) in [6.45, 7) is 1.82. The number of halogens is 4. The maximum absolute atomic E-state index is 13.1. The van der Waals surface area contributed by atoms with Gasteiger partial charge in [-0.15, -0.1) is 0 Å². The van der Waals surface area contributed by atoms with Crippen molar-refractivity contribution in [1.82, 2.24) is 15.5 Å². The number of fused-ring (bicyclic) bond motifs is 1. The molecule has 1 aliphatic carbocycles. The maximum Gasteiger partial charge on any atom is 0.417 e. The van der Waals surface area contributed by atoms with Crippen LogP contribution in [0.1, 0.15) is 55.3 Å². The maximum atomic E-state index is 13.1. The third-order valence-electron chi connectivity index (χ3n) is 6.09. The van der Waals surface area contributed by atoms with E-state index in [9.17, 15) is 27.6 Å². The Morgan fingerprint density at radius 3 is 2.55 bits per heavy atom. The molecule has 1 aromatic carbocycles. The molecule has 2 atom stereocenters. The first-order valence-corrected chi connectivity index (χ1v) is 9.73. The molecule has 4 rings (SSSR count). The molecule has 2 N–H and O–H groups in total. The number of rotatable bonds is 4. The third kappa shape index (κ3) is 3.35. The number of benzene rings is 1. The SMILES string of the molecule is CC1c2cc(C(F)(F)F)c(Cl)cc2CN1C(=O)CC[C@@]1(C2CC2)NC(=O)NC1=O. The lowest BCUT2D eigenvalue weighted by molar-refractivity contribution is -0.137. The van der Waals surface area contributed by atoms with Crippen LogP contribution in [0.3, 0.4) is 0 Å². The summed E-state index contributed by atoms with van der Waals surface area (Å²) in [5.74, 6) is -0.701. The van der Waals surface area contributed by atoms with Crippen LogP contribution in [0, 0.1) is 5.92 Å². The second kappa shape index (κ2) is 6.62. The fourth-order valence-electron chi connectivity index (χ4n) is 4.36. The van der Waals surface area contributed by atoms with Gasteiger partial charge in [0.25, 0.3) is 5.91 Å². The van der Waals surface area contributed by atoms with Crippen LogP contribution in [-0.2, 0) is 22.3 Å². The van der Waals surface area contributed by atoms with E-state index in [1.165, 1.54) is 11.0 Å². The van der Waals surface area contributed by atoms with E-state index in [0.717, 1.165) is 18.9 Å². The van der Waals surface area contributed by atoms with Gasteiger partial charge in [0.15, 0.2) is 0 Å². The molecule has 0 radical (unpaired) electrons. The molecule has 1 aromatic rings. The highest BCUT2D eigenvalue weighted by molar-refractivity contribution is 6.31. The largest absolute Gasteiger partial charge is 0.417 e. The molecule has 6 nitrogen and oxygen atoms in total. The van der Waals surface area contributed by atoms with Crippen molar-refractivity contribution >= 4 is 29.4 Å². The van der Waals surface area contributed by atoms with Gasteiger partial charge in [0.2, 0.25) is 5.91 Å². The number of hydrogen-bond acceptors (Lipinski definition) is 3. The van der Waals surface area contributed by atoms with Gasteiger partial charge in [-0.1, -0.05) is 11.6 Å². The summed E-state index contributed by atoms with van der Waals surface area (Å²) in [6.07, 6.45) is -2.82. The van der Waals surface area contributed by atoms with Gasteiger partial charge in [-0.25, -0.2) is 4.79 Å². The molecule has 156 valence electrons. The van der Waals surface area contributed by atoms with E-state index in [1.54, 1.807) is 6.92 Å². The number of nitrogens with one attached hydrogen (secondary N) is 2. The Balaban J connectivity index is 1.50. The summed E-state index contributed by atoms with van der Waals surface area (Å²) >= 11 is 5.80. The van der Waals surface area contributed by atoms with E-state index in [2.05, 4.69) is 10.6 Å². The molecule has 1 saturated heterocycles. The molecule has 29 heavy (non-hydrogen) atoms. The summed E-state index contributed by atoms with van der Waals surface area (Å²) in [6, 6.07) is 1.16. The van der Waals surface area contributed by atoms with Crippen LogP contribution in [-0.4, -0.2) is 28.3 Å². The van der Waals surface area contributed by atoms with Crippen LogP contribution in [0.5, 0.6) is 0 Å². The molecular formula is C19H19ClF3N3O3. The second-order valence-electron chi connectivity index (χ2n) is 7.88. The highest BCUT2D eigenvalue weighted by atomic mass is 35.5. The second-order valence-corrected chi connectivity index (χ2v) is 8.29. The topological polar surface area (TPSA) is 78.5 Å². The molecule has 4 amide bonds. The molecule has 0 aromatic heterocycles. The minimum absolute atomic E-state index is 0.00237. The molecule has 0 bridgehead atoms. The van der Waals surface area contributed by atoms with Crippen molar-refractivity contribution in [2.75, 3.05) is 0 Å². The van der Waals surface area contributed by atoms with Gasteiger partial charge in [-0.05, 0) is 55.4 Å². The lowest BCUT2D eigenvalue weighted by Crippen LogP contribution is -2.49. The summed E-state index contributed by atoms with van der Waals surface area (Å²) in [5, 5.41) is 4.52. The van der Waals surface area contributed by atoms with E-state index in [1.807, 2.05) is 0 Å². The number of carbonyl (C=O) groups is 3. The van der Waals surface area contributed by atoms with Gasteiger partial charge in [0.05, 0.1) is 16.6 Å². The molecule has 2 heterocycles. The highest BCUT2D eigenvalue weighted by Crippen LogP contribution is 2.45. The minimum Gasteiger partial charge on any atom is -0.332 e. The lowest BCUT2D eigenvalue weighted by atomic mass is 9.87. The molecule has 1 saturated carbocycles. The van der Waals surface area contributed by atoms with Gasteiger partial charge in [0.1, 0.15) is 5.54 Å². The molecule has 0 spiro atoms. The first-order chi connectivity index (χ1) is 13.5. The van der Waals surface area contributed by atoms with Crippen molar-refractivity contribution in [3.63, 3.8) is 0 Å². The smallest absolute Gasteiger partial charge is 0.332 e. The van der Waals surface area contributed by atoms with Gasteiger partial charge >= 0.3 is 12.2 Å². The monoisotopic (exact) mass is 429 g/mol. The van der Waals surface area contributed by atoms with Crippen LogP contribution >= 0.6 is 11.6 Å². The standard InChI is InChI=1S/C19H19ClF3N3O3/c1-9-12-7-13(19(21,22)23)14(20)6-10(12)8-26(9)15(27)4-5-18(11-2-3-11)16(28)24-17(29)25-18/h6-7,9,11H,2-5,8H2,1H3,(H2,24,25,28,29)/t9?,18-/m0/s1. The van der Waals surface area contributed by atoms with Crippen LogP contribution in [0.15, 0.2) is 12.1 Å². The zero-order valence-corrected chi connectivity index (χ0v) is 16.3. The first kappa shape index (κ1) is 20.0. The molecule has 2 aliphatic heterocycles. The minimum atomic E-state index is -4.58. The number of imide groups is 1. The molecule has 10 heteroatoms. The molecular weight excluding hydrogens is 411 g/mol. The van der Waals surface area contributed by atoms with Crippen LogP contribution in [0.25, 0.3) is 0 Å². The number of carbonyl (C=O) groups excluding carboxylic acids is 3. The Kier molecular flexibility index (Phi) is 4.56. The third-order valence-corrected chi connectivity index (χ3v) is 6.40. The normalized spacial score (nSPS) is 26.4. The van der Waals surface area contributed by atoms with E-state index in [0.29, 0.717) is 11.1 Å². The Bertz CT molecular complexity index is 916. The Morgan fingerprint density at radius 2 is 2.00 bits per heavy atom. The van der Waals surface area contributed by atoms with Crippen LogP contribution < -0.4 is 10.6 Å². The Morgan fingerprint density at radius 1 is 1.31 bits per heavy atom. The molecule has 3 aliphatic rings. The summed E-state index contributed by atoms with van der Waals surface area (Å²) in [5.41, 5.74) is -1.00. The molecule has 1 unspecified atom stereocenters. The predicted molar refractivity (Wildman–Crippen MR) is 96.8 cm³/mol. The van der Waals surface area contributed by atoms with Crippen molar-refractivity contribution in [3.8, 4) is 0 Å². The van der Waals surface area contributed by atoms with E-state index in [-0.39, 0.29) is 31.2 Å². The van der Waals surface area contributed by atoms with Crippen LogP contribution in [0.4, 0.5) is 18.0 Å². The Labute approximate surface area is 169 Å². The summed E-state index contributed by atoms with van der Waals surface area (Å²) < 4.78 is 39.4. The zero-order valence-electron chi connectivity index (χ0n) is 15.5. The first-order valence-electron chi connectivity index (χ1n) is 9.35. The van der Waals surface area contributed by atoms with E-state index < -0.39 is 40.3 Å². The van der Waals surface area contributed by atoms with Crippen molar-refractivity contribution in [2.24, 2.45) is 5.92 Å². The zero-order chi connectivity index (χ0) is 21.1. The highest BCUT2D eigenvalue weighted by Gasteiger charge is 2.55. The summed E-state index contributed by atoms with van der Waals surface area (Å²) in [4.78, 5) is 38.2. The average Bonchev–Trinajstić information content (AvgIpc) is 3.36. The number of amides is 4. The lowest BCUT2D eigenvalue weighted by Gasteiger charge is -2.28. The van der Waals surface area contributed by atoms with E-state index in [4.69, 9.17) is 11.6 Å². The van der Waals surface area contributed by atoms with Gasteiger partial charge in [0, 0.05) is 13.0 Å². The van der Waals surface area contributed by atoms with Crippen LogP contribution in [0.2, 0.25) is 5.02 Å². The van der Waals surface area contributed by atoms with E-state index >= 15 is 0 Å². The van der Waals surface area contributed by atoms with Gasteiger partial charge < -0.3 is 10.2 Å². The molecule has 2 fully saturated rings. The van der Waals surface area contributed by atoms with Gasteiger partial charge in [-0.3, -0.25) is 14.9 Å². The fraction of sp³-hybridized carbons (Fsp3) is 0.526. The number of nitrogens with zero attached hydrogens (tertiary/aromatic N) is 1. The Hall–Kier alpha value is -2.29. The fourth-order valence-corrected chi connectivity index (χ4v) is 4.66. The quantitative estimate of drug-likeness (QED) is 0.719. The van der Waals surface area contributed by atoms with Crippen molar-refractivity contribution in [1.29, 1.82) is 0 Å². The van der Waals surface area contributed by atoms with Crippen molar-refractivity contribution < 1.29 is 27.6 Å². The number of alkyl halides is 3. The summed E-state index contributed by atoms with van der Waals surface area (Å²) in [7, 11) is 0.